The normalized spacial score (nSPS) is 15.3. The molecule has 0 bridgehead atoms. The Balaban J connectivity index is 2.05. The van der Waals surface area contributed by atoms with Gasteiger partial charge < -0.3 is 10.1 Å². The number of hydrogen-bond donors (Lipinski definition) is 1. The first-order valence-corrected chi connectivity index (χ1v) is 6.27. The average Bonchev–Trinajstić information content (AvgIpc) is 2.38. The van der Waals surface area contributed by atoms with Crippen LogP contribution in [0.3, 0.4) is 0 Å². The van der Waals surface area contributed by atoms with Gasteiger partial charge in [0, 0.05) is 30.1 Å². The van der Waals surface area contributed by atoms with E-state index in [0.717, 1.165) is 35.1 Å². The van der Waals surface area contributed by atoms with Crippen LogP contribution in [0.4, 0.5) is 0 Å². The van der Waals surface area contributed by atoms with E-state index in [-0.39, 0.29) is 0 Å². The maximum absolute atomic E-state index is 6.17. The number of nitrogens with zero attached hydrogens (tertiary/aromatic N) is 1. The maximum atomic E-state index is 6.17. The zero-order valence-corrected chi connectivity index (χ0v) is 10.8. The molecule has 0 radical (unpaired) electrons. The first-order valence-electron chi connectivity index (χ1n) is 5.90. The SMILES string of the molecule is COc1cccc(Cl)c1CNC1=NCCCC1. The van der Waals surface area contributed by atoms with Gasteiger partial charge in [0.05, 0.1) is 12.9 Å². The predicted molar refractivity (Wildman–Crippen MR) is 71.0 cm³/mol. The molecule has 1 aromatic rings. The summed E-state index contributed by atoms with van der Waals surface area (Å²) < 4.78 is 5.30. The van der Waals surface area contributed by atoms with Crippen LogP contribution < -0.4 is 10.1 Å². The van der Waals surface area contributed by atoms with Crippen molar-refractivity contribution in [3.8, 4) is 5.75 Å². The molecule has 1 aromatic carbocycles. The lowest BCUT2D eigenvalue weighted by Crippen LogP contribution is -2.25. The molecule has 0 unspecified atom stereocenters. The molecule has 0 aromatic heterocycles. The molecule has 0 saturated carbocycles. The lowest BCUT2D eigenvalue weighted by molar-refractivity contribution is 0.409. The van der Waals surface area contributed by atoms with Crippen LogP contribution in [-0.4, -0.2) is 19.5 Å². The van der Waals surface area contributed by atoms with Gasteiger partial charge in [-0.2, -0.15) is 0 Å². The molecule has 1 aliphatic heterocycles. The van der Waals surface area contributed by atoms with Gasteiger partial charge in [-0.05, 0) is 25.0 Å². The smallest absolute Gasteiger partial charge is 0.125 e. The lowest BCUT2D eigenvalue weighted by Gasteiger charge is -2.16. The van der Waals surface area contributed by atoms with Crippen LogP contribution in [0.15, 0.2) is 23.2 Å². The summed E-state index contributed by atoms with van der Waals surface area (Å²) in [6.45, 7) is 1.60. The third-order valence-corrected chi connectivity index (χ3v) is 3.24. The minimum atomic E-state index is 0.668. The fourth-order valence-electron chi connectivity index (χ4n) is 1.93. The molecule has 0 fully saturated rings. The Morgan fingerprint density at radius 3 is 3.00 bits per heavy atom. The number of amidine groups is 1. The Morgan fingerprint density at radius 1 is 1.41 bits per heavy atom. The molecule has 0 saturated heterocycles. The van der Waals surface area contributed by atoms with E-state index >= 15 is 0 Å². The van der Waals surface area contributed by atoms with Crippen molar-refractivity contribution in [2.24, 2.45) is 4.99 Å². The van der Waals surface area contributed by atoms with Crippen LogP contribution >= 0.6 is 11.6 Å². The zero-order valence-electron chi connectivity index (χ0n) is 10.0. The van der Waals surface area contributed by atoms with Crippen LogP contribution in [0.5, 0.6) is 5.75 Å². The van der Waals surface area contributed by atoms with E-state index in [9.17, 15) is 0 Å². The number of nitrogens with one attached hydrogen (secondary N) is 1. The Hall–Kier alpha value is -1.22. The molecule has 2 rings (SSSR count). The van der Waals surface area contributed by atoms with Gasteiger partial charge in [-0.25, -0.2) is 0 Å². The monoisotopic (exact) mass is 252 g/mol. The van der Waals surface area contributed by atoms with Gasteiger partial charge in [0.15, 0.2) is 0 Å². The molecule has 4 heteroatoms. The van der Waals surface area contributed by atoms with E-state index in [4.69, 9.17) is 16.3 Å². The maximum Gasteiger partial charge on any atom is 0.125 e. The highest BCUT2D eigenvalue weighted by atomic mass is 35.5. The van der Waals surface area contributed by atoms with Crippen LogP contribution in [0.25, 0.3) is 0 Å². The molecule has 1 aliphatic rings. The summed E-state index contributed by atoms with van der Waals surface area (Å²) in [7, 11) is 1.66. The average molecular weight is 253 g/mol. The number of rotatable bonds is 3. The van der Waals surface area contributed by atoms with Crippen molar-refractivity contribution in [3.63, 3.8) is 0 Å². The summed E-state index contributed by atoms with van der Waals surface area (Å²) in [6, 6.07) is 5.69. The lowest BCUT2D eigenvalue weighted by atomic mass is 10.1. The number of hydrogen-bond acceptors (Lipinski definition) is 3. The highest BCUT2D eigenvalue weighted by Gasteiger charge is 2.09. The molecule has 3 nitrogen and oxygen atoms in total. The van der Waals surface area contributed by atoms with E-state index in [1.165, 1.54) is 12.8 Å². The molecule has 0 aliphatic carbocycles. The molecule has 1 heterocycles. The van der Waals surface area contributed by atoms with Crippen LogP contribution in [0.1, 0.15) is 24.8 Å². The minimum Gasteiger partial charge on any atom is -0.496 e. The number of aliphatic imine (C=N–C) groups is 1. The molecule has 17 heavy (non-hydrogen) atoms. The standard InChI is InChI=1S/C13H17ClN2O/c1-17-12-6-4-5-11(14)10(12)9-16-13-7-2-3-8-15-13/h4-6H,2-3,7-9H2,1H3,(H,15,16). The topological polar surface area (TPSA) is 33.6 Å². The molecular weight excluding hydrogens is 236 g/mol. The summed E-state index contributed by atoms with van der Waals surface area (Å²) in [6.07, 6.45) is 3.44. The largest absolute Gasteiger partial charge is 0.496 e. The van der Waals surface area contributed by atoms with Crippen LogP contribution in [0.2, 0.25) is 5.02 Å². The van der Waals surface area contributed by atoms with E-state index in [1.54, 1.807) is 7.11 Å². The van der Waals surface area contributed by atoms with Gasteiger partial charge in [0.25, 0.3) is 0 Å². The molecule has 0 spiro atoms. The Morgan fingerprint density at radius 2 is 2.29 bits per heavy atom. The number of halogens is 1. The summed E-state index contributed by atoms with van der Waals surface area (Å²) in [5.41, 5.74) is 0.991. The number of benzene rings is 1. The molecule has 1 N–H and O–H groups in total. The summed E-state index contributed by atoms with van der Waals surface area (Å²) >= 11 is 6.17. The van der Waals surface area contributed by atoms with Crippen molar-refractivity contribution >= 4 is 17.4 Å². The van der Waals surface area contributed by atoms with E-state index in [1.807, 2.05) is 18.2 Å². The van der Waals surface area contributed by atoms with Gasteiger partial charge in [-0.3, -0.25) is 4.99 Å². The Bertz CT molecular complexity index is 418. The quantitative estimate of drug-likeness (QED) is 0.897. The fourth-order valence-corrected chi connectivity index (χ4v) is 2.17. The highest BCUT2D eigenvalue weighted by Crippen LogP contribution is 2.26. The van der Waals surface area contributed by atoms with Crippen LogP contribution in [0, 0.1) is 0 Å². The minimum absolute atomic E-state index is 0.668. The second-order valence-corrected chi connectivity index (χ2v) is 4.47. The summed E-state index contributed by atoms with van der Waals surface area (Å²) in [4.78, 5) is 4.45. The Labute approximate surface area is 107 Å². The van der Waals surface area contributed by atoms with Gasteiger partial charge in [0.1, 0.15) is 5.75 Å². The summed E-state index contributed by atoms with van der Waals surface area (Å²) in [5.74, 6) is 1.90. The molecular formula is C13H17ClN2O. The van der Waals surface area contributed by atoms with E-state index < -0.39 is 0 Å². The van der Waals surface area contributed by atoms with Gasteiger partial charge >= 0.3 is 0 Å². The van der Waals surface area contributed by atoms with Crippen molar-refractivity contribution in [2.75, 3.05) is 13.7 Å². The molecule has 0 amide bonds. The number of methoxy groups -OCH3 is 1. The highest BCUT2D eigenvalue weighted by molar-refractivity contribution is 6.31. The van der Waals surface area contributed by atoms with Crippen molar-refractivity contribution in [2.45, 2.75) is 25.8 Å². The second kappa shape index (κ2) is 5.92. The molecule has 92 valence electrons. The first-order chi connectivity index (χ1) is 8.31. The third-order valence-electron chi connectivity index (χ3n) is 2.89. The zero-order chi connectivity index (χ0) is 12.1. The first kappa shape index (κ1) is 12.2. The number of ether oxygens (including phenoxy) is 1. The van der Waals surface area contributed by atoms with Crippen molar-refractivity contribution < 1.29 is 4.74 Å². The van der Waals surface area contributed by atoms with Crippen molar-refractivity contribution in [1.82, 2.24) is 5.32 Å². The van der Waals surface area contributed by atoms with E-state index in [2.05, 4.69) is 10.3 Å². The second-order valence-electron chi connectivity index (χ2n) is 4.06. The van der Waals surface area contributed by atoms with Crippen LogP contribution in [-0.2, 0) is 6.54 Å². The van der Waals surface area contributed by atoms with Gasteiger partial charge in [-0.15, -0.1) is 0 Å². The molecule has 0 atom stereocenters. The van der Waals surface area contributed by atoms with Crippen molar-refractivity contribution in [1.29, 1.82) is 0 Å². The summed E-state index contributed by atoms with van der Waals surface area (Å²) in [5, 5.41) is 4.07. The van der Waals surface area contributed by atoms with Gasteiger partial charge in [-0.1, -0.05) is 17.7 Å². The van der Waals surface area contributed by atoms with Gasteiger partial charge in [0.2, 0.25) is 0 Å². The van der Waals surface area contributed by atoms with E-state index in [0.29, 0.717) is 6.54 Å². The fraction of sp³-hybridized carbons (Fsp3) is 0.462. The van der Waals surface area contributed by atoms with Crippen molar-refractivity contribution in [3.05, 3.63) is 28.8 Å². The third kappa shape index (κ3) is 3.13. The predicted octanol–water partition coefficient (Wildman–Crippen LogP) is 3.02. The Kier molecular flexibility index (Phi) is 4.26.